The van der Waals surface area contributed by atoms with Gasteiger partial charge in [0.2, 0.25) is 0 Å². The van der Waals surface area contributed by atoms with Crippen LogP contribution in [0, 0.1) is 11.3 Å². The molecule has 0 aromatic heterocycles. The van der Waals surface area contributed by atoms with E-state index in [1.165, 1.54) is 18.2 Å². The van der Waals surface area contributed by atoms with Gasteiger partial charge in [-0.2, -0.15) is 0 Å². The number of nitrogens with two attached hydrogens (primary N) is 1. The zero-order chi connectivity index (χ0) is 12.6. The van der Waals surface area contributed by atoms with Crippen LogP contribution in [-0.4, -0.2) is 13.1 Å². The van der Waals surface area contributed by atoms with Gasteiger partial charge in [0.05, 0.1) is 12.5 Å². The van der Waals surface area contributed by atoms with Gasteiger partial charge in [-0.3, -0.25) is 4.79 Å². The largest absolute Gasteiger partial charge is 0.469 e. The number of nitrogen functional groups attached to an aromatic ring is 1. The average Bonchev–Trinajstić information content (AvgIpc) is 2.71. The van der Waals surface area contributed by atoms with Crippen LogP contribution in [0.25, 0.3) is 0 Å². The van der Waals surface area contributed by atoms with Crippen molar-refractivity contribution in [2.45, 2.75) is 26.7 Å². The van der Waals surface area contributed by atoms with Crippen LogP contribution < -0.4 is 5.73 Å². The van der Waals surface area contributed by atoms with E-state index in [0.29, 0.717) is 5.92 Å². The molecule has 0 saturated carbocycles. The average molecular weight is 233 g/mol. The van der Waals surface area contributed by atoms with Crippen LogP contribution in [0.2, 0.25) is 0 Å². The first-order valence-electron chi connectivity index (χ1n) is 5.91. The second-order valence-corrected chi connectivity index (χ2v) is 5.35. The van der Waals surface area contributed by atoms with Crippen LogP contribution >= 0.6 is 0 Å². The molecule has 0 heterocycles. The van der Waals surface area contributed by atoms with Crippen LogP contribution in [0.1, 0.15) is 25.0 Å². The van der Waals surface area contributed by atoms with Crippen LogP contribution in [0.5, 0.6) is 0 Å². The standard InChI is InChI=1S/C14H19NO2/c1-14(2,13(16)17-3)11-6-9-4-5-12(15)8-10(9)7-11/h4-5,8,11H,6-7,15H2,1-3H3. The van der Waals surface area contributed by atoms with E-state index < -0.39 is 5.41 Å². The lowest BCUT2D eigenvalue weighted by atomic mass is 9.77. The molecule has 0 bridgehead atoms. The Hall–Kier alpha value is -1.51. The topological polar surface area (TPSA) is 52.3 Å². The van der Waals surface area contributed by atoms with E-state index in [2.05, 4.69) is 6.07 Å². The van der Waals surface area contributed by atoms with Gasteiger partial charge in [-0.1, -0.05) is 6.07 Å². The van der Waals surface area contributed by atoms with Gasteiger partial charge >= 0.3 is 5.97 Å². The van der Waals surface area contributed by atoms with E-state index in [-0.39, 0.29) is 5.97 Å². The van der Waals surface area contributed by atoms with E-state index in [1.54, 1.807) is 0 Å². The lowest BCUT2D eigenvalue weighted by Gasteiger charge is -2.28. The number of esters is 1. The number of ether oxygens (including phenoxy) is 1. The number of carbonyl (C=O) groups is 1. The summed E-state index contributed by atoms with van der Waals surface area (Å²) in [6.07, 6.45) is 1.83. The van der Waals surface area contributed by atoms with Gasteiger partial charge < -0.3 is 10.5 Å². The van der Waals surface area contributed by atoms with Crippen LogP contribution in [0.4, 0.5) is 5.69 Å². The third kappa shape index (κ3) is 2.02. The van der Waals surface area contributed by atoms with Gasteiger partial charge in [0, 0.05) is 5.69 Å². The van der Waals surface area contributed by atoms with Gasteiger partial charge in [-0.15, -0.1) is 0 Å². The summed E-state index contributed by atoms with van der Waals surface area (Å²) >= 11 is 0. The lowest BCUT2D eigenvalue weighted by molar-refractivity contribution is -0.153. The Kier molecular flexibility index (Phi) is 2.86. The molecule has 17 heavy (non-hydrogen) atoms. The molecular formula is C14H19NO2. The quantitative estimate of drug-likeness (QED) is 0.629. The maximum absolute atomic E-state index is 11.8. The summed E-state index contributed by atoms with van der Waals surface area (Å²) in [5.74, 6) is 0.162. The minimum absolute atomic E-state index is 0.136. The molecule has 0 aliphatic heterocycles. The minimum Gasteiger partial charge on any atom is -0.469 e. The summed E-state index contributed by atoms with van der Waals surface area (Å²) in [7, 11) is 1.45. The van der Waals surface area contributed by atoms with Crippen molar-refractivity contribution in [2.75, 3.05) is 12.8 Å². The van der Waals surface area contributed by atoms with Crippen molar-refractivity contribution in [2.24, 2.45) is 11.3 Å². The van der Waals surface area contributed by atoms with Crippen LogP contribution in [0.15, 0.2) is 18.2 Å². The van der Waals surface area contributed by atoms with Crippen molar-refractivity contribution >= 4 is 11.7 Å². The lowest BCUT2D eigenvalue weighted by Crippen LogP contribution is -2.34. The Morgan fingerprint density at radius 2 is 2.00 bits per heavy atom. The summed E-state index contributed by atoms with van der Waals surface area (Å²) < 4.78 is 4.89. The van der Waals surface area contributed by atoms with Crippen molar-refractivity contribution in [3.8, 4) is 0 Å². The fourth-order valence-electron chi connectivity index (χ4n) is 2.58. The summed E-state index contributed by atoms with van der Waals surface area (Å²) in [4.78, 5) is 11.8. The zero-order valence-corrected chi connectivity index (χ0v) is 10.6. The molecular weight excluding hydrogens is 214 g/mol. The summed E-state index contributed by atoms with van der Waals surface area (Å²) in [5, 5.41) is 0. The molecule has 1 unspecified atom stereocenters. The molecule has 0 saturated heterocycles. The molecule has 0 amide bonds. The van der Waals surface area contributed by atoms with E-state index in [0.717, 1.165) is 18.5 Å². The van der Waals surface area contributed by atoms with Gasteiger partial charge in [-0.25, -0.2) is 0 Å². The van der Waals surface area contributed by atoms with Gasteiger partial charge in [-0.05, 0) is 55.9 Å². The summed E-state index contributed by atoms with van der Waals surface area (Å²) in [6.45, 7) is 3.91. The number of rotatable bonds is 2. The molecule has 1 aromatic carbocycles. The molecule has 2 N–H and O–H groups in total. The van der Waals surface area contributed by atoms with E-state index in [1.807, 2.05) is 26.0 Å². The Labute approximate surface area is 102 Å². The number of anilines is 1. The number of methoxy groups -OCH3 is 1. The van der Waals surface area contributed by atoms with Gasteiger partial charge in [0.1, 0.15) is 0 Å². The highest BCUT2D eigenvalue weighted by Crippen LogP contribution is 2.39. The Bertz CT molecular complexity index is 452. The molecule has 1 atom stereocenters. The van der Waals surface area contributed by atoms with E-state index in [9.17, 15) is 4.79 Å². The highest BCUT2D eigenvalue weighted by Gasteiger charge is 2.40. The molecule has 0 fully saturated rings. The monoisotopic (exact) mass is 233 g/mol. The zero-order valence-electron chi connectivity index (χ0n) is 10.6. The van der Waals surface area contributed by atoms with Gasteiger partial charge in [0.25, 0.3) is 0 Å². The third-order valence-electron chi connectivity index (χ3n) is 3.90. The van der Waals surface area contributed by atoms with Crippen LogP contribution in [0.3, 0.4) is 0 Å². The molecule has 3 heteroatoms. The van der Waals surface area contributed by atoms with Crippen molar-refractivity contribution in [1.82, 2.24) is 0 Å². The number of carbonyl (C=O) groups excluding carboxylic acids is 1. The molecule has 1 aliphatic carbocycles. The van der Waals surface area contributed by atoms with Gasteiger partial charge in [0.15, 0.2) is 0 Å². The van der Waals surface area contributed by atoms with Crippen molar-refractivity contribution < 1.29 is 9.53 Å². The number of hydrogen-bond donors (Lipinski definition) is 1. The van der Waals surface area contributed by atoms with Crippen molar-refractivity contribution in [1.29, 1.82) is 0 Å². The normalized spacial score (nSPS) is 18.9. The summed E-state index contributed by atoms with van der Waals surface area (Å²) in [5.41, 5.74) is 8.71. The molecule has 0 radical (unpaired) electrons. The first-order valence-corrected chi connectivity index (χ1v) is 5.91. The van der Waals surface area contributed by atoms with Crippen LogP contribution in [-0.2, 0) is 22.4 Å². The van der Waals surface area contributed by atoms with E-state index in [4.69, 9.17) is 10.5 Å². The highest BCUT2D eigenvalue weighted by atomic mass is 16.5. The van der Waals surface area contributed by atoms with E-state index >= 15 is 0 Å². The third-order valence-corrected chi connectivity index (χ3v) is 3.90. The molecule has 0 spiro atoms. The molecule has 3 nitrogen and oxygen atoms in total. The SMILES string of the molecule is COC(=O)C(C)(C)C1Cc2ccc(N)cc2C1. The summed E-state index contributed by atoms with van der Waals surface area (Å²) in [6, 6.07) is 6.01. The number of benzene rings is 1. The number of hydrogen-bond acceptors (Lipinski definition) is 3. The Morgan fingerprint density at radius 1 is 1.35 bits per heavy atom. The molecule has 92 valence electrons. The smallest absolute Gasteiger partial charge is 0.311 e. The van der Waals surface area contributed by atoms with Crippen molar-refractivity contribution in [3.05, 3.63) is 29.3 Å². The number of fused-ring (bicyclic) bond motifs is 1. The minimum atomic E-state index is -0.442. The highest BCUT2D eigenvalue weighted by molar-refractivity contribution is 5.76. The Morgan fingerprint density at radius 3 is 2.65 bits per heavy atom. The first kappa shape index (κ1) is 12.0. The second kappa shape index (κ2) is 4.06. The fourth-order valence-corrected chi connectivity index (χ4v) is 2.58. The molecule has 2 rings (SSSR count). The Balaban J connectivity index is 2.23. The maximum Gasteiger partial charge on any atom is 0.311 e. The molecule has 1 aliphatic rings. The predicted molar refractivity (Wildman–Crippen MR) is 67.5 cm³/mol. The first-order chi connectivity index (χ1) is 7.95. The van der Waals surface area contributed by atoms with Crippen molar-refractivity contribution in [3.63, 3.8) is 0 Å². The fraction of sp³-hybridized carbons (Fsp3) is 0.500. The maximum atomic E-state index is 11.8. The predicted octanol–water partition coefficient (Wildman–Crippen LogP) is 2.18. The molecule has 1 aromatic rings. The second-order valence-electron chi connectivity index (χ2n) is 5.35.